The zero-order valence-electron chi connectivity index (χ0n) is 19.5. The van der Waals surface area contributed by atoms with E-state index in [1.807, 2.05) is 0 Å². The van der Waals surface area contributed by atoms with Crippen molar-refractivity contribution in [2.24, 2.45) is 0 Å². The van der Waals surface area contributed by atoms with E-state index in [-0.39, 0.29) is 28.2 Å². The molecular weight excluding hydrogens is 520 g/mol. The van der Waals surface area contributed by atoms with Crippen molar-refractivity contribution in [1.29, 1.82) is 0 Å². The number of rotatable bonds is 7. The molecule has 0 aromatic heterocycles. The summed E-state index contributed by atoms with van der Waals surface area (Å²) in [4.78, 5) is 11.9. The first-order valence-electron chi connectivity index (χ1n) is 10.9. The largest absolute Gasteiger partial charge is 0.508 e. The number of carbonyl (C=O) groups excluding carboxylic acids is 1. The fourth-order valence-corrected chi connectivity index (χ4v) is 5.27. The summed E-state index contributed by atoms with van der Waals surface area (Å²) in [6.07, 6.45) is 4.49. The highest BCUT2D eigenvalue weighted by atomic mass is 32.2. The van der Waals surface area contributed by atoms with Crippen molar-refractivity contribution in [2.45, 2.75) is 29.6 Å². The molecule has 4 rings (SSSR count). The summed E-state index contributed by atoms with van der Waals surface area (Å²) in [5.74, 6) is -0.322. The molecule has 1 aliphatic rings. The van der Waals surface area contributed by atoms with Gasteiger partial charge < -0.3 is 9.84 Å². The van der Waals surface area contributed by atoms with Crippen LogP contribution in [0.4, 0.5) is 0 Å². The van der Waals surface area contributed by atoms with Gasteiger partial charge in [0.15, 0.2) is 5.78 Å². The fraction of sp³-hybridized carbons (Fsp3) is 0.115. The highest BCUT2D eigenvalue weighted by Crippen LogP contribution is 2.33. The van der Waals surface area contributed by atoms with E-state index in [1.54, 1.807) is 36.4 Å². The number of hydrogen-bond acceptors (Lipinski definition) is 7. The Bertz CT molecular complexity index is 1670. The van der Waals surface area contributed by atoms with Gasteiger partial charge in [0.25, 0.3) is 20.2 Å². The number of benzene rings is 3. The van der Waals surface area contributed by atoms with Crippen LogP contribution in [0.15, 0.2) is 88.4 Å². The van der Waals surface area contributed by atoms with Crippen LogP contribution in [0.1, 0.15) is 39.9 Å². The topological polar surface area (TPSA) is 155 Å². The number of phenols is 1. The van der Waals surface area contributed by atoms with Gasteiger partial charge in [0.1, 0.15) is 22.2 Å². The number of aryl methyl sites for hydroxylation is 1. The molecule has 0 amide bonds. The smallest absolute Gasteiger partial charge is 0.298 e. The molecule has 0 aliphatic heterocycles. The summed E-state index contributed by atoms with van der Waals surface area (Å²) in [6.45, 7) is 1.45. The van der Waals surface area contributed by atoms with E-state index in [0.717, 1.165) is 23.3 Å². The van der Waals surface area contributed by atoms with Crippen LogP contribution in [0.25, 0.3) is 5.57 Å². The number of allylic oxidation sites excluding steroid dienone is 4. The van der Waals surface area contributed by atoms with Gasteiger partial charge in [-0.2, -0.15) is 16.8 Å². The number of phenolic OH excluding ortho intramolecular Hbond substituents is 1. The lowest BCUT2D eigenvalue weighted by molar-refractivity contribution is 0.103. The highest BCUT2D eigenvalue weighted by Gasteiger charge is 2.23. The molecule has 0 fully saturated rings. The lowest BCUT2D eigenvalue weighted by Crippen LogP contribution is -2.09. The van der Waals surface area contributed by atoms with Gasteiger partial charge in [-0.25, -0.2) is 0 Å². The number of carbonyl (C=O) groups is 1. The molecular formula is C26H22O9S2. The maximum Gasteiger partial charge on any atom is 0.298 e. The van der Waals surface area contributed by atoms with Crippen molar-refractivity contribution < 1.29 is 40.6 Å². The Morgan fingerprint density at radius 3 is 1.95 bits per heavy atom. The third kappa shape index (κ3) is 5.97. The second kappa shape index (κ2) is 9.94. The van der Waals surface area contributed by atoms with Gasteiger partial charge >= 0.3 is 0 Å². The first kappa shape index (κ1) is 26.3. The Morgan fingerprint density at radius 2 is 1.38 bits per heavy atom. The van der Waals surface area contributed by atoms with E-state index in [2.05, 4.69) is 0 Å². The molecule has 3 N–H and O–H groups in total. The van der Waals surface area contributed by atoms with E-state index >= 15 is 0 Å². The molecule has 0 bridgehead atoms. The van der Waals surface area contributed by atoms with E-state index in [9.17, 15) is 35.8 Å². The minimum Gasteiger partial charge on any atom is -0.508 e. The monoisotopic (exact) mass is 542 g/mol. The van der Waals surface area contributed by atoms with Crippen LogP contribution in [0.2, 0.25) is 0 Å². The summed E-state index contributed by atoms with van der Waals surface area (Å²) in [6, 6.07) is 13.9. The average Bonchev–Trinajstić information content (AvgIpc) is 2.84. The molecule has 0 saturated heterocycles. The Balaban J connectivity index is 1.64. The molecule has 1 aliphatic carbocycles. The van der Waals surface area contributed by atoms with Gasteiger partial charge in [-0.1, -0.05) is 30.3 Å². The van der Waals surface area contributed by atoms with Crippen molar-refractivity contribution >= 4 is 31.6 Å². The summed E-state index contributed by atoms with van der Waals surface area (Å²) in [5.41, 5.74) is 1.89. The van der Waals surface area contributed by atoms with Gasteiger partial charge in [0.05, 0.1) is 4.90 Å². The van der Waals surface area contributed by atoms with Gasteiger partial charge in [-0.15, -0.1) is 0 Å². The van der Waals surface area contributed by atoms with Crippen LogP contribution in [-0.2, 0) is 20.2 Å². The van der Waals surface area contributed by atoms with Gasteiger partial charge in [-0.3, -0.25) is 13.9 Å². The molecule has 0 unspecified atom stereocenters. The third-order valence-electron chi connectivity index (χ3n) is 5.80. The lowest BCUT2D eigenvalue weighted by atomic mass is 9.96. The van der Waals surface area contributed by atoms with Crippen LogP contribution < -0.4 is 4.74 Å². The summed E-state index contributed by atoms with van der Waals surface area (Å²) >= 11 is 0. The molecule has 0 atom stereocenters. The van der Waals surface area contributed by atoms with E-state index in [0.29, 0.717) is 18.6 Å². The number of ether oxygens (including phenoxy) is 1. The molecule has 3 aromatic rings. The fourth-order valence-electron chi connectivity index (χ4n) is 3.88. The maximum atomic E-state index is 13.0. The molecule has 0 saturated carbocycles. The zero-order valence-corrected chi connectivity index (χ0v) is 21.1. The normalized spacial score (nSPS) is 14.0. The Hall–Kier alpha value is -3.77. The molecule has 192 valence electrons. The van der Waals surface area contributed by atoms with Crippen molar-refractivity contribution in [3.05, 3.63) is 101 Å². The predicted octanol–water partition coefficient (Wildman–Crippen LogP) is 4.57. The molecule has 11 heteroatoms. The Kier molecular flexibility index (Phi) is 7.07. The quantitative estimate of drug-likeness (QED) is 0.288. The lowest BCUT2D eigenvalue weighted by Gasteiger charge is -2.17. The summed E-state index contributed by atoms with van der Waals surface area (Å²) < 4.78 is 72.3. The number of hydrogen-bond donors (Lipinski definition) is 3. The third-order valence-corrected chi connectivity index (χ3v) is 7.67. The summed E-state index contributed by atoms with van der Waals surface area (Å²) in [7, 11) is -9.38. The maximum absolute atomic E-state index is 13.0. The molecule has 9 nitrogen and oxygen atoms in total. The van der Waals surface area contributed by atoms with Crippen molar-refractivity contribution in [3.63, 3.8) is 0 Å². The highest BCUT2D eigenvalue weighted by molar-refractivity contribution is 7.86. The van der Waals surface area contributed by atoms with Crippen molar-refractivity contribution in [3.8, 4) is 11.5 Å². The standard InChI is InChI=1S/C26H22O9S2/c1-16-2-3-19(14-24(16)36(29,30)31)26(28)20-8-13-23(25(15-20)37(32,33)34)35-22-11-6-18(7-12-22)17-4-9-21(27)10-5-17/h2-6,8-11,13-15,27H,7,12H2,1H3,(H,29,30,31)(H,32,33,34). The minimum atomic E-state index is -4.80. The zero-order chi connectivity index (χ0) is 27.0. The minimum absolute atomic E-state index is 0.102. The number of ketones is 1. The van der Waals surface area contributed by atoms with Gasteiger partial charge in [-0.05, 0) is 72.5 Å². The average molecular weight is 543 g/mol. The van der Waals surface area contributed by atoms with Gasteiger partial charge in [0.2, 0.25) is 0 Å². The van der Waals surface area contributed by atoms with E-state index in [4.69, 9.17) is 4.74 Å². The SMILES string of the molecule is Cc1ccc(C(=O)c2ccc(OC3=CC=C(c4ccc(O)cc4)CC3)c(S(=O)(=O)O)c2)cc1S(=O)(=O)O. The van der Waals surface area contributed by atoms with Crippen LogP contribution in [0.5, 0.6) is 11.5 Å². The van der Waals surface area contributed by atoms with Crippen LogP contribution in [0.3, 0.4) is 0 Å². The van der Waals surface area contributed by atoms with Crippen molar-refractivity contribution in [1.82, 2.24) is 0 Å². The van der Waals surface area contributed by atoms with E-state index in [1.165, 1.54) is 31.2 Å². The second-order valence-corrected chi connectivity index (χ2v) is 11.2. The molecule has 0 heterocycles. The number of aromatic hydroxyl groups is 1. The predicted molar refractivity (Wildman–Crippen MR) is 135 cm³/mol. The second-order valence-electron chi connectivity index (χ2n) is 8.39. The van der Waals surface area contributed by atoms with Crippen LogP contribution >= 0.6 is 0 Å². The molecule has 3 aromatic carbocycles. The van der Waals surface area contributed by atoms with Crippen molar-refractivity contribution in [2.75, 3.05) is 0 Å². The Labute approximate surface area is 213 Å². The van der Waals surface area contributed by atoms with Crippen LogP contribution in [0, 0.1) is 6.92 Å². The van der Waals surface area contributed by atoms with E-state index < -0.39 is 35.8 Å². The molecule has 0 spiro atoms. The van der Waals surface area contributed by atoms with Gasteiger partial charge in [0, 0.05) is 17.5 Å². The molecule has 37 heavy (non-hydrogen) atoms. The first-order chi connectivity index (χ1) is 17.3. The first-order valence-corrected chi connectivity index (χ1v) is 13.8. The Morgan fingerprint density at radius 1 is 0.784 bits per heavy atom. The summed E-state index contributed by atoms with van der Waals surface area (Å²) in [5, 5.41) is 9.45. The molecule has 0 radical (unpaired) electrons. The van der Waals surface area contributed by atoms with Crippen LogP contribution in [-0.4, -0.2) is 36.8 Å².